The van der Waals surface area contributed by atoms with E-state index in [-0.39, 0.29) is 78.9 Å². The Morgan fingerprint density at radius 1 is 0.347 bits per heavy atom. The molecule has 0 fully saturated rings. The van der Waals surface area contributed by atoms with Gasteiger partial charge in [-0.1, -0.05) is 172 Å². The quantitative estimate of drug-likeness (QED) is 0.0436. The second kappa shape index (κ2) is 42.6. The standard InChI is InChI=1S/C58H114O14/c1-13-25-33-41-65-55(50(21-9)63-23-11,66-42-34-26-14-2)57(69-45-37-29-17-5,70-46-38-30-18-6)54(53(61)62,49-52(59)60)58(71-47-39-31-19-7,72-48-40-32-20-8)56(51(22-10)64-24-12,67-43-35-27-15-3)68-44-36-28-16-4/h50-51H,13-49H2,1-12H3,(H,59,60)(H,61,62). The number of carboxylic acid groups (broad SMARTS) is 2. The second-order valence-corrected chi connectivity index (χ2v) is 19.5. The van der Waals surface area contributed by atoms with Crippen LogP contribution in [0.3, 0.4) is 0 Å². The van der Waals surface area contributed by atoms with Crippen molar-refractivity contribution in [3.63, 3.8) is 0 Å². The fourth-order valence-corrected chi connectivity index (χ4v) is 9.84. The molecule has 0 bridgehead atoms. The highest BCUT2D eigenvalue weighted by Crippen LogP contribution is 2.63. The molecule has 72 heavy (non-hydrogen) atoms. The van der Waals surface area contributed by atoms with E-state index in [4.69, 9.17) is 47.4 Å². The topological polar surface area (TPSA) is 167 Å². The van der Waals surface area contributed by atoms with Crippen LogP contribution in [0.15, 0.2) is 0 Å². The molecule has 2 unspecified atom stereocenters. The van der Waals surface area contributed by atoms with Crippen molar-refractivity contribution in [3.05, 3.63) is 0 Å². The first-order valence-corrected chi connectivity index (χ1v) is 29.7. The Labute approximate surface area is 441 Å². The number of ether oxygens (including phenoxy) is 10. The van der Waals surface area contributed by atoms with Crippen LogP contribution in [0.4, 0.5) is 0 Å². The van der Waals surface area contributed by atoms with Crippen LogP contribution in [0, 0.1) is 5.41 Å². The molecule has 0 spiro atoms. The predicted octanol–water partition coefficient (Wildman–Crippen LogP) is 14.6. The number of aliphatic carboxylic acids is 2. The smallest absolute Gasteiger partial charge is 0.321 e. The molecule has 2 atom stereocenters. The molecule has 430 valence electrons. The van der Waals surface area contributed by atoms with E-state index in [1.807, 2.05) is 27.7 Å². The van der Waals surface area contributed by atoms with Gasteiger partial charge in [-0.05, 0) is 78.1 Å². The van der Waals surface area contributed by atoms with Crippen LogP contribution in [0.1, 0.15) is 256 Å². The first kappa shape index (κ1) is 70.5. The summed E-state index contributed by atoms with van der Waals surface area (Å²) in [5.74, 6) is -13.0. The molecular formula is C58H114O14. The number of rotatable bonds is 55. The molecule has 0 amide bonds. The summed E-state index contributed by atoms with van der Waals surface area (Å²) in [6.07, 6.45) is 14.4. The maximum absolute atomic E-state index is 16.3. The van der Waals surface area contributed by atoms with Crippen molar-refractivity contribution in [3.8, 4) is 0 Å². The van der Waals surface area contributed by atoms with Crippen LogP contribution < -0.4 is 0 Å². The number of carboxylic acids is 2. The van der Waals surface area contributed by atoms with Gasteiger partial charge in [-0.2, -0.15) is 0 Å². The average Bonchev–Trinajstić information content (AvgIpc) is 3.37. The monoisotopic (exact) mass is 1030 g/mol. The molecule has 14 nitrogen and oxygen atoms in total. The normalized spacial score (nSPS) is 14.4. The lowest BCUT2D eigenvalue weighted by molar-refractivity contribution is -0.527. The van der Waals surface area contributed by atoms with Gasteiger partial charge in [0, 0.05) is 13.2 Å². The van der Waals surface area contributed by atoms with Gasteiger partial charge in [-0.3, -0.25) is 9.59 Å². The Balaban J connectivity index is 10.7. The van der Waals surface area contributed by atoms with Crippen molar-refractivity contribution in [1.29, 1.82) is 0 Å². The van der Waals surface area contributed by atoms with Crippen molar-refractivity contribution in [2.75, 3.05) is 66.1 Å². The van der Waals surface area contributed by atoms with E-state index >= 15 is 4.79 Å². The summed E-state index contributed by atoms with van der Waals surface area (Å²) < 4.78 is 73.5. The van der Waals surface area contributed by atoms with Gasteiger partial charge >= 0.3 is 11.9 Å². The summed E-state index contributed by atoms with van der Waals surface area (Å²) in [7, 11) is 0. The molecule has 0 aliphatic carbocycles. The van der Waals surface area contributed by atoms with Crippen LogP contribution in [-0.4, -0.2) is 124 Å². The van der Waals surface area contributed by atoms with E-state index in [1.54, 1.807) is 0 Å². The third kappa shape index (κ3) is 20.5. The van der Waals surface area contributed by atoms with Crippen molar-refractivity contribution in [2.45, 2.75) is 292 Å². The molecule has 14 heteroatoms. The highest BCUT2D eigenvalue weighted by atomic mass is 16.8. The molecule has 0 heterocycles. The lowest BCUT2D eigenvalue weighted by Gasteiger charge is -2.64. The van der Waals surface area contributed by atoms with Gasteiger partial charge in [0.05, 0.1) is 59.3 Å². The Kier molecular flexibility index (Phi) is 41.8. The van der Waals surface area contributed by atoms with Gasteiger partial charge < -0.3 is 57.6 Å². The van der Waals surface area contributed by atoms with Gasteiger partial charge in [0.2, 0.25) is 11.6 Å². The van der Waals surface area contributed by atoms with Crippen LogP contribution >= 0.6 is 0 Å². The van der Waals surface area contributed by atoms with E-state index < -0.39 is 59.1 Å². The van der Waals surface area contributed by atoms with Gasteiger partial charge in [0.15, 0.2) is 5.41 Å². The minimum Gasteiger partial charge on any atom is -0.481 e. The third-order valence-electron chi connectivity index (χ3n) is 13.6. The Morgan fingerprint density at radius 2 is 0.569 bits per heavy atom. The first-order valence-electron chi connectivity index (χ1n) is 29.7. The molecular weight excluding hydrogens is 921 g/mol. The van der Waals surface area contributed by atoms with E-state index in [1.165, 1.54) is 0 Å². The molecule has 0 aromatic rings. The summed E-state index contributed by atoms with van der Waals surface area (Å²) in [6.45, 7) is 24.9. The summed E-state index contributed by atoms with van der Waals surface area (Å²) in [5, 5.41) is 25.1. The van der Waals surface area contributed by atoms with Crippen LogP contribution in [-0.2, 0) is 57.0 Å². The van der Waals surface area contributed by atoms with Crippen molar-refractivity contribution in [2.24, 2.45) is 5.41 Å². The van der Waals surface area contributed by atoms with E-state index in [0.717, 1.165) is 103 Å². The van der Waals surface area contributed by atoms with Gasteiger partial charge in [-0.15, -0.1) is 0 Å². The molecule has 0 aliphatic rings. The van der Waals surface area contributed by atoms with Crippen LogP contribution in [0.5, 0.6) is 0 Å². The predicted molar refractivity (Wildman–Crippen MR) is 288 cm³/mol. The van der Waals surface area contributed by atoms with E-state index in [9.17, 15) is 15.0 Å². The second-order valence-electron chi connectivity index (χ2n) is 19.5. The number of unbranched alkanes of at least 4 members (excludes halogenated alkanes) is 16. The maximum atomic E-state index is 16.3. The fourth-order valence-electron chi connectivity index (χ4n) is 9.84. The highest BCUT2D eigenvalue weighted by molar-refractivity contribution is 5.84. The average molecular weight is 1040 g/mol. The fraction of sp³-hybridized carbons (Fsp3) is 0.966. The number of carbonyl (C=O) groups is 2. The zero-order chi connectivity index (χ0) is 54.0. The minimum absolute atomic E-state index is 0.0522. The third-order valence-corrected chi connectivity index (χ3v) is 13.6. The molecule has 0 saturated carbocycles. The van der Waals surface area contributed by atoms with Crippen molar-refractivity contribution < 1.29 is 67.2 Å². The Hall–Kier alpha value is -1.46. The largest absolute Gasteiger partial charge is 0.481 e. The molecule has 0 saturated heterocycles. The van der Waals surface area contributed by atoms with E-state index in [2.05, 4.69) is 55.4 Å². The maximum Gasteiger partial charge on any atom is 0.321 e. The van der Waals surface area contributed by atoms with Crippen LogP contribution in [0.2, 0.25) is 0 Å². The molecule has 0 rings (SSSR count). The molecule has 0 aromatic heterocycles. The highest BCUT2D eigenvalue weighted by Gasteiger charge is 2.87. The molecule has 0 radical (unpaired) electrons. The zero-order valence-electron chi connectivity index (χ0n) is 48.6. The first-order chi connectivity index (χ1) is 34.9. The van der Waals surface area contributed by atoms with Gasteiger partial charge in [-0.25, -0.2) is 0 Å². The Morgan fingerprint density at radius 3 is 0.736 bits per heavy atom. The summed E-state index contributed by atoms with van der Waals surface area (Å²) in [4.78, 5) is 30.8. The number of hydrogen-bond acceptors (Lipinski definition) is 12. The lowest BCUT2D eigenvalue weighted by Crippen LogP contribution is -2.86. The van der Waals surface area contributed by atoms with Gasteiger partial charge in [0.25, 0.3) is 11.6 Å². The summed E-state index contributed by atoms with van der Waals surface area (Å²) in [5.41, 5.74) is -2.98. The van der Waals surface area contributed by atoms with E-state index in [0.29, 0.717) is 51.4 Å². The lowest BCUT2D eigenvalue weighted by atomic mass is 9.61. The minimum atomic E-state index is -2.98. The van der Waals surface area contributed by atoms with Crippen molar-refractivity contribution >= 4 is 11.9 Å². The van der Waals surface area contributed by atoms with Crippen molar-refractivity contribution in [1.82, 2.24) is 0 Å². The summed E-state index contributed by atoms with van der Waals surface area (Å²) >= 11 is 0. The zero-order valence-corrected chi connectivity index (χ0v) is 48.6. The summed E-state index contributed by atoms with van der Waals surface area (Å²) in [6, 6.07) is 0. The molecule has 0 aliphatic heterocycles. The SMILES string of the molecule is CCCCCOC(OCCCCC)(C(CC)OCC)C(OCCCCC)(OCCCCC)C(CC(=O)O)(C(=O)O)C(OCCCCC)(OCCCCC)C(OCCCCC)(OCCCCC)C(CC)OCC. The molecule has 2 N–H and O–H groups in total. The molecule has 0 aromatic carbocycles. The van der Waals surface area contributed by atoms with Gasteiger partial charge in [0.1, 0.15) is 12.2 Å². The Bertz CT molecular complexity index is 1160. The van der Waals surface area contributed by atoms with Crippen LogP contribution in [0.25, 0.3) is 0 Å². The number of hydrogen-bond donors (Lipinski definition) is 2.